The lowest BCUT2D eigenvalue weighted by molar-refractivity contribution is -0.136. The average molecular weight is 204 g/mol. The zero-order valence-electron chi connectivity index (χ0n) is 7.75. The number of carboxylic acids is 1. The zero-order valence-corrected chi connectivity index (χ0v) is 7.75. The molecule has 0 aromatic carbocycles. The third-order valence-corrected chi connectivity index (χ3v) is 1.90. The molecule has 0 aliphatic rings. The lowest BCUT2D eigenvalue weighted by Gasteiger charge is -1.98. The lowest BCUT2D eigenvalue weighted by Crippen LogP contribution is -2.00. The maximum Gasteiger partial charge on any atom is 0.307 e. The van der Waals surface area contributed by atoms with Gasteiger partial charge in [0, 0.05) is 11.8 Å². The number of rotatable bonds is 3. The first-order chi connectivity index (χ1) is 7.27. The summed E-state index contributed by atoms with van der Waals surface area (Å²) < 4.78 is 5.20. The maximum atomic E-state index is 10.6. The van der Waals surface area contributed by atoms with E-state index < -0.39 is 5.97 Å². The number of aliphatic carboxylic acids is 1. The van der Waals surface area contributed by atoms with E-state index in [1.54, 1.807) is 18.3 Å². The molecule has 2 aromatic heterocycles. The molecule has 0 saturated heterocycles. The van der Waals surface area contributed by atoms with E-state index in [1.807, 2.05) is 0 Å². The molecule has 0 unspecified atom stereocenters. The van der Waals surface area contributed by atoms with Gasteiger partial charge in [-0.1, -0.05) is 0 Å². The van der Waals surface area contributed by atoms with Gasteiger partial charge in [-0.05, 0) is 12.1 Å². The highest BCUT2D eigenvalue weighted by Gasteiger charge is 2.12. The van der Waals surface area contributed by atoms with E-state index in [0.717, 1.165) is 0 Å². The summed E-state index contributed by atoms with van der Waals surface area (Å²) in [5, 5.41) is 8.68. The van der Waals surface area contributed by atoms with Gasteiger partial charge in [-0.15, -0.1) is 0 Å². The fourth-order valence-electron chi connectivity index (χ4n) is 1.29. The van der Waals surface area contributed by atoms with Gasteiger partial charge in [-0.3, -0.25) is 4.79 Å². The highest BCUT2D eigenvalue weighted by Crippen LogP contribution is 2.22. The standard InChI is InChI=1S/C10H8N2O3/c13-9(14)5-7-2-4-15-10(7)8-1-3-11-6-12-8/h1-4,6H,5H2,(H,13,14). The van der Waals surface area contributed by atoms with Gasteiger partial charge in [0.05, 0.1) is 12.7 Å². The second-order valence-corrected chi connectivity index (χ2v) is 2.94. The number of hydrogen-bond acceptors (Lipinski definition) is 4. The molecule has 1 N–H and O–H groups in total. The van der Waals surface area contributed by atoms with Crippen molar-refractivity contribution >= 4 is 5.97 Å². The van der Waals surface area contributed by atoms with Crippen LogP contribution in [0.25, 0.3) is 11.5 Å². The van der Waals surface area contributed by atoms with Crippen LogP contribution < -0.4 is 0 Å². The predicted octanol–water partition coefficient (Wildman–Crippen LogP) is 1.36. The second kappa shape index (κ2) is 3.91. The average Bonchev–Trinajstić information content (AvgIpc) is 2.66. The zero-order chi connectivity index (χ0) is 10.7. The molecule has 0 aliphatic heterocycles. The third-order valence-electron chi connectivity index (χ3n) is 1.90. The first-order valence-electron chi connectivity index (χ1n) is 4.32. The number of carbonyl (C=O) groups is 1. The van der Waals surface area contributed by atoms with Gasteiger partial charge in [0.2, 0.25) is 0 Å². The summed E-state index contributed by atoms with van der Waals surface area (Å²) in [6.45, 7) is 0. The smallest absolute Gasteiger partial charge is 0.307 e. The normalized spacial score (nSPS) is 10.1. The third kappa shape index (κ3) is 2.01. The molecule has 0 bridgehead atoms. The topological polar surface area (TPSA) is 76.2 Å². The Morgan fingerprint density at radius 3 is 3.00 bits per heavy atom. The Balaban J connectivity index is 2.37. The Morgan fingerprint density at radius 1 is 1.47 bits per heavy atom. The fraction of sp³-hybridized carbons (Fsp3) is 0.100. The minimum absolute atomic E-state index is 0.0736. The number of hydrogen-bond donors (Lipinski definition) is 1. The van der Waals surface area contributed by atoms with Gasteiger partial charge in [0.25, 0.3) is 0 Å². The second-order valence-electron chi connectivity index (χ2n) is 2.94. The summed E-state index contributed by atoms with van der Waals surface area (Å²) in [6, 6.07) is 3.30. The number of carboxylic acid groups (broad SMARTS) is 1. The first kappa shape index (κ1) is 9.39. The molecule has 5 nitrogen and oxygen atoms in total. The monoisotopic (exact) mass is 204 g/mol. The van der Waals surface area contributed by atoms with Gasteiger partial charge < -0.3 is 9.52 Å². The molecule has 2 rings (SSSR count). The molecule has 76 valence electrons. The van der Waals surface area contributed by atoms with Crippen molar-refractivity contribution in [1.82, 2.24) is 9.97 Å². The van der Waals surface area contributed by atoms with Crippen LogP contribution >= 0.6 is 0 Å². The van der Waals surface area contributed by atoms with E-state index in [1.165, 1.54) is 12.6 Å². The molecular formula is C10H8N2O3. The van der Waals surface area contributed by atoms with Crippen LogP contribution in [0.3, 0.4) is 0 Å². The van der Waals surface area contributed by atoms with Crippen molar-refractivity contribution in [3.05, 3.63) is 36.5 Å². The quantitative estimate of drug-likeness (QED) is 0.816. The van der Waals surface area contributed by atoms with Crippen LogP contribution in [-0.2, 0) is 11.2 Å². The molecule has 15 heavy (non-hydrogen) atoms. The highest BCUT2D eigenvalue weighted by atomic mass is 16.4. The van der Waals surface area contributed by atoms with Gasteiger partial charge in [0.1, 0.15) is 12.0 Å². The van der Waals surface area contributed by atoms with Crippen LogP contribution in [0.1, 0.15) is 5.56 Å². The van der Waals surface area contributed by atoms with E-state index in [4.69, 9.17) is 9.52 Å². The summed E-state index contributed by atoms with van der Waals surface area (Å²) in [4.78, 5) is 18.3. The molecular weight excluding hydrogens is 196 g/mol. The van der Waals surface area contributed by atoms with E-state index in [9.17, 15) is 4.79 Å². The first-order valence-corrected chi connectivity index (χ1v) is 4.32. The summed E-state index contributed by atoms with van der Waals surface area (Å²) in [5.41, 5.74) is 1.20. The van der Waals surface area contributed by atoms with Crippen molar-refractivity contribution in [3.8, 4) is 11.5 Å². The molecule has 2 heterocycles. The van der Waals surface area contributed by atoms with Crippen LogP contribution in [0.5, 0.6) is 0 Å². The SMILES string of the molecule is O=C(O)Cc1ccoc1-c1ccncn1. The molecule has 0 amide bonds. The van der Waals surface area contributed by atoms with Crippen molar-refractivity contribution < 1.29 is 14.3 Å². The predicted molar refractivity (Wildman–Crippen MR) is 51.1 cm³/mol. The Bertz CT molecular complexity index is 465. The largest absolute Gasteiger partial charge is 0.481 e. The Morgan fingerprint density at radius 2 is 2.33 bits per heavy atom. The molecule has 0 fully saturated rings. The van der Waals surface area contributed by atoms with Crippen molar-refractivity contribution in [3.63, 3.8) is 0 Å². The van der Waals surface area contributed by atoms with Gasteiger partial charge in [-0.2, -0.15) is 0 Å². The highest BCUT2D eigenvalue weighted by molar-refractivity contribution is 5.73. The van der Waals surface area contributed by atoms with Crippen molar-refractivity contribution in [1.29, 1.82) is 0 Å². The van der Waals surface area contributed by atoms with Gasteiger partial charge in [-0.25, -0.2) is 9.97 Å². The molecule has 0 spiro atoms. The molecule has 2 aromatic rings. The minimum atomic E-state index is -0.897. The lowest BCUT2D eigenvalue weighted by atomic mass is 10.1. The summed E-state index contributed by atoms with van der Waals surface area (Å²) >= 11 is 0. The van der Waals surface area contributed by atoms with Crippen LogP contribution in [0, 0.1) is 0 Å². The molecule has 0 atom stereocenters. The van der Waals surface area contributed by atoms with Gasteiger partial charge >= 0.3 is 5.97 Å². The number of aromatic nitrogens is 2. The molecule has 0 saturated carbocycles. The molecule has 5 heteroatoms. The van der Waals surface area contributed by atoms with Crippen LogP contribution in [0.2, 0.25) is 0 Å². The van der Waals surface area contributed by atoms with E-state index in [2.05, 4.69) is 9.97 Å². The summed E-state index contributed by atoms with van der Waals surface area (Å²) in [6.07, 6.45) is 4.35. The summed E-state index contributed by atoms with van der Waals surface area (Å²) in [5.74, 6) is -0.411. The molecule has 0 radical (unpaired) electrons. The summed E-state index contributed by atoms with van der Waals surface area (Å²) in [7, 11) is 0. The Labute approximate surface area is 85.4 Å². The number of nitrogens with zero attached hydrogens (tertiary/aromatic N) is 2. The van der Waals surface area contributed by atoms with Crippen molar-refractivity contribution in [2.45, 2.75) is 6.42 Å². The van der Waals surface area contributed by atoms with Crippen molar-refractivity contribution in [2.24, 2.45) is 0 Å². The van der Waals surface area contributed by atoms with E-state index in [-0.39, 0.29) is 6.42 Å². The van der Waals surface area contributed by atoms with Gasteiger partial charge in [0.15, 0.2) is 5.76 Å². The van der Waals surface area contributed by atoms with Crippen LogP contribution in [0.4, 0.5) is 0 Å². The fourth-order valence-corrected chi connectivity index (χ4v) is 1.29. The van der Waals surface area contributed by atoms with E-state index in [0.29, 0.717) is 17.0 Å². The molecule has 0 aliphatic carbocycles. The minimum Gasteiger partial charge on any atom is -0.481 e. The Kier molecular flexibility index (Phi) is 2.45. The van der Waals surface area contributed by atoms with Crippen LogP contribution in [-0.4, -0.2) is 21.0 Å². The van der Waals surface area contributed by atoms with Crippen molar-refractivity contribution in [2.75, 3.05) is 0 Å². The maximum absolute atomic E-state index is 10.6. The Hall–Kier alpha value is -2.17. The van der Waals surface area contributed by atoms with E-state index >= 15 is 0 Å². The number of furan rings is 1. The van der Waals surface area contributed by atoms with Crippen LogP contribution in [0.15, 0.2) is 35.3 Å².